The van der Waals surface area contributed by atoms with E-state index in [1.54, 1.807) is 31.2 Å². The van der Waals surface area contributed by atoms with Crippen molar-refractivity contribution in [2.45, 2.75) is 51.0 Å². The van der Waals surface area contributed by atoms with Crippen LogP contribution in [0.4, 0.5) is 5.69 Å². The molecule has 2 aliphatic rings. The molecule has 1 atom stereocenters. The van der Waals surface area contributed by atoms with Gasteiger partial charge in [-0.25, -0.2) is 9.64 Å². The van der Waals surface area contributed by atoms with E-state index in [1.807, 2.05) is 18.2 Å². The van der Waals surface area contributed by atoms with Crippen molar-refractivity contribution in [1.82, 2.24) is 0 Å². The van der Waals surface area contributed by atoms with Gasteiger partial charge in [-0.05, 0) is 80.2 Å². The minimum Gasteiger partial charge on any atom is -0.435 e. The normalized spacial score (nSPS) is 22.6. The lowest BCUT2D eigenvalue weighted by Gasteiger charge is -2.28. The summed E-state index contributed by atoms with van der Waals surface area (Å²) in [6.07, 6.45) is 6.55. The van der Waals surface area contributed by atoms with Gasteiger partial charge in [0.15, 0.2) is 0 Å². The highest BCUT2D eigenvalue weighted by atomic mass is 16.6. The van der Waals surface area contributed by atoms with E-state index in [0.29, 0.717) is 23.1 Å². The van der Waals surface area contributed by atoms with Gasteiger partial charge in [-0.15, -0.1) is 0 Å². The Hall–Kier alpha value is -3.15. The molecule has 1 aliphatic carbocycles. The Morgan fingerprint density at radius 2 is 1.90 bits per heavy atom. The third-order valence-electron chi connectivity index (χ3n) is 6.24. The maximum Gasteiger partial charge on any atom is 0.342 e. The second-order valence-electron chi connectivity index (χ2n) is 8.25. The predicted octanol–water partition coefficient (Wildman–Crippen LogP) is 5.70. The van der Waals surface area contributed by atoms with Gasteiger partial charge < -0.3 is 9.47 Å². The molecule has 2 aromatic carbocycles. The van der Waals surface area contributed by atoms with Gasteiger partial charge in [0.1, 0.15) is 5.75 Å². The second-order valence-corrected chi connectivity index (χ2v) is 8.25. The number of nitriles is 1. The second kappa shape index (κ2) is 8.69. The average molecular weight is 400 g/mol. The topological polar surface area (TPSA) is 67.0 Å². The van der Waals surface area contributed by atoms with E-state index >= 15 is 0 Å². The maximum absolute atomic E-state index is 12.6. The quantitative estimate of drug-likeness (QED) is 0.279. The van der Waals surface area contributed by atoms with Gasteiger partial charge in [0.25, 0.3) is 0 Å². The van der Waals surface area contributed by atoms with Crippen LogP contribution >= 0.6 is 0 Å². The Bertz CT molecular complexity index is 1020. The average Bonchev–Trinajstić information content (AvgIpc) is 3.59. The minimum absolute atomic E-state index is 0.0795. The van der Waals surface area contributed by atoms with Crippen LogP contribution in [0.2, 0.25) is 0 Å². The molecule has 2 aromatic rings. The molecule has 5 nitrogen and oxygen atoms in total. The first kappa shape index (κ1) is 20.1. The van der Waals surface area contributed by atoms with E-state index in [-0.39, 0.29) is 17.0 Å². The zero-order chi connectivity index (χ0) is 21.1. The first-order chi connectivity index (χ1) is 14.6. The van der Waals surface area contributed by atoms with Crippen LogP contribution in [0, 0.1) is 30.7 Å². The lowest BCUT2D eigenvalue weighted by Crippen LogP contribution is -2.15. The van der Waals surface area contributed by atoms with Gasteiger partial charge >= 0.3 is 5.97 Å². The molecular formula is C25H24N2O3. The highest BCUT2D eigenvalue weighted by molar-refractivity contribution is 5.92. The third kappa shape index (κ3) is 4.37. The zero-order valence-corrected chi connectivity index (χ0v) is 17.1. The molecule has 1 saturated carbocycles. The molecule has 0 spiro atoms. The number of nitrogens with zero attached hydrogens (tertiary/aromatic N) is 2. The number of rotatable bonds is 5. The molecule has 152 valence electrons. The molecule has 0 bridgehead atoms. The van der Waals surface area contributed by atoms with Gasteiger partial charge in [0.05, 0.1) is 36.5 Å². The number of esters is 1. The molecule has 4 rings (SSSR count). The number of carbonyl (C=O) groups excluding carboxylic acids is 1. The van der Waals surface area contributed by atoms with Gasteiger partial charge in [0, 0.05) is 0 Å². The zero-order valence-electron chi connectivity index (χ0n) is 17.1. The Morgan fingerprint density at radius 1 is 1.20 bits per heavy atom. The van der Waals surface area contributed by atoms with Crippen molar-refractivity contribution in [3.8, 4) is 11.8 Å². The Kier molecular flexibility index (Phi) is 5.84. The Balaban J connectivity index is 1.40. The van der Waals surface area contributed by atoms with Gasteiger partial charge in [0.2, 0.25) is 5.69 Å². The summed E-state index contributed by atoms with van der Waals surface area (Å²) in [6, 6.07) is 12.9. The number of benzene rings is 2. The predicted molar refractivity (Wildman–Crippen MR) is 113 cm³/mol. The van der Waals surface area contributed by atoms with E-state index in [2.05, 4.69) is 4.85 Å². The highest BCUT2D eigenvalue weighted by Crippen LogP contribution is 2.39. The lowest BCUT2D eigenvalue weighted by molar-refractivity contribution is 0.0736. The number of hydrogen-bond acceptors (Lipinski definition) is 4. The summed E-state index contributed by atoms with van der Waals surface area (Å²) < 4.78 is 10.8. The maximum atomic E-state index is 12.6. The number of epoxide rings is 1. The van der Waals surface area contributed by atoms with Crippen molar-refractivity contribution >= 4 is 11.7 Å². The molecule has 30 heavy (non-hydrogen) atoms. The fourth-order valence-corrected chi connectivity index (χ4v) is 4.36. The molecule has 1 saturated heterocycles. The van der Waals surface area contributed by atoms with Gasteiger partial charge in [-0.2, -0.15) is 5.26 Å². The summed E-state index contributed by atoms with van der Waals surface area (Å²) in [6.45, 7) is 10.0. The smallest absolute Gasteiger partial charge is 0.342 e. The standard InChI is InChI=1S/C25H24N2O3/c1-16-3-12-23(24(27-2)22(16)14-26)30-25(28)20-10-8-19(9-11-20)18-6-4-17(5-7-18)13-21-15-29-21/h3,8-12,17-18,21H,4-7,13,15H2,1H3. The van der Waals surface area contributed by atoms with Crippen molar-refractivity contribution < 1.29 is 14.3 Å². The van der Waals surface area contributed by atoms with Crippen LogP contribution in [-0.4, -0.2) is 18.7 Å². The molecule has 1 heterocycles. The van der Waals surface area contributed by atoms with Crippen molar-refractivity contribution in [1.29, 1.82) is 5.26 Å². The van der Waals surface area contributed by atoms with Crippen LogP contribution in [0.5, 0.6) is 5.75 Å². The van der Waals surface area contributed by atoms with E-state index in [0.717, 1.165) is 12.5 Å². The highest BCUT2D eigenvalue weighted by Gasteiger charge is 2.30. The minimum atomic E-state index is -0.521. The Morgan fingerprint density at radius 3 is 2.50 bits per heavy atom. The molecule has 0 amide bonds. The van der Waals surface area contributed by atoms with Crippen LogP contribution in [0.3, 0.4) is 0 Å². The van der Waals surface area contributed by atoms with Crippen molar-refractivity contribution in [2.24, 2.45) is 5.92 Å². The SMILES string of the molecule is [C-]#[N+]c1c(OC(=O)c2ccc(C3CCC(CC4CO4)CC3)cc2)ccc(C)c1C#N. The van der Waals surface area contributed by atoms with E-state index in [4.69, 9.17) is 16.0 Å². The lowest BCUT2D eigenvalue weighted by atomic mass is 9.77. The van der Waals surface area contributed by atoms with Gasteiger partial charge in [-0.1, -0.05) is 18.2 Å². The van der Waals surface area contributed by atoms with Crippen LogP contribution in [-0.2, 0) is 4.74 Å². The summed E-state index contributed by atoms with van der Waals surface area (Å²) >= 11 is 0. The summed E-state index contributed by atoms with van der Waals surface area (Å²) in [5.74, 6) is 0.925. The molecule has 2 fully saturated rings. The number of carbonyl (C=O) groups is 1. The monoisotopic (exact) mass is 400 g/mol. The fraction of sp³-hybridized carbons (Fsp3) is 0.400. The molecule has 5 heteroatoms. The summed E-state index contributed by atoms with van der Waals surface area (Å²) in [5.41, 5.74) is 2.71. The van der Waals surface area contributed by atoms with Gasteiger partial charge in [-0.3, -0.25) is 0 Å². The van der Waals surface area contributed by atoms with Crippen molar-refractivity contribution in [3.63, 3.8) is 0 Å². The van der Waals surface area contributed by atoms with E-state index < -0.39 is 5.97 Å². The third-order valence-corrected chi connectivity index (χ3v) is 6.24. The van der Waals surface area contributed by atoms with Crippen LogP contribution in [0.25, 0.3) is 4.85 Å². The molecule has 0 N–H and O–H groups in total. The fourth-order valence-electron chi connectivity index (χ4n) is 4.36. The number of aryl methyl sites for hydroxylation is 1. The van der Waals surface area contributed by atoms with Crippen LogP contribution in [0.15, 0.2) is 36.4 Å². The molecule has 1 aliphatic heterocycles. The van der Waals surface area contributed by atoms with Crippen molar-refractivity contribution in [2.75, 3.05) is 6.61 Å². The summed E-state index contributed by atoms with van der Waals surface area (Å²) in [5, 5.41) is 9.28. The largest absolute Gasteiger partial charge is 0.435 e. The van der Waals surface area contributed by atoms with E-state index in [9.17, 15) is 10.1 Å². The molecule has 0 radical (unpaired) electrons. The van der Waals surface area contributed by atoms with E-state index in [1.165, 1.54) is 37.7 Å². The Labute approximate surface area is 177 Å². The number of ether oxygens (including phenoxy) is 2. The molecule has 0 aromatic heterocycles. The van der Waals surface area contributed by atoms with Crippen LogP contribution in [0.1, 0.15) is 65.1 Å². The first-order valence-electron chi connectivity index (χ1n) is 10.4. The molecular weight excluding hydrogens is 376 g/mol. The summed E-state index contributed by atoms with van der Waals surface area (Å²) in [7, 11) is 0. The van der Waals surface area contributed by atoms with Crippen molar-refractivity contribution in [3.05, 3.63) is 70.1 Å². The summed E-state index contributed by atoms with van der Waals surface area (Å²) in [4.78, 5) is 16.0. The molecule has 1 unspecified atom stereocenters. The van der Waals surface area contributed by atoms with Crippen LogP contribution < -0.4 is 4.74 Å². The number of hydrogen-bond donors (Lipinski definition) is 0. The first-order valence-corrected chi connectivity index (χ1v) is 10.4.